The first-order valence-electron chi connectivity index (χ1n) is 7.93. The van der Waals surface area contributed by atoms with Gasteiger partial charge in [0.15, 0.2) is 5.13 Å². The van der Waals surface area contributed by atoms with Crippen LogP contribution in [-0.2, 0) is 0 Å². The van der Waals surface area contributed by atoms with Crippen LogP contribution in [0.25, 0.3) is 0 Å². The zero-order valence-electron chi connectivity index (χ0n) is 12.7. The van der Waals surface area contributed by atoms with Crippen LogP contribution >= 0.6 is 11.3 Å². The fourth-order valence-corrected chi connectivity index (χ4v) is 4.59. The number of likely N-dealkylation sites (tertiary alicyclic amines) is 1. The second-order valence-corrected chi connectivity index (χ2v) is 7.26. The Hall–Kier alpha value is -1.30. The third-order valence-corrected chi connectivity index (χ3v) is 5.97. The molecule has 1 saturated carbocycles. The van der Waals surface area contributed by atoms with Gasteiger partial charge in [-0.05, 0) is 38.0 Å². The monoisotopic (exact) mass is 308 g/mol. The predicted octanol–water partition coefficient (Wildman–Crippen LogP) is 2.95. The fourth-order valence-electron chi connectivity index (χ4n) is 3.66. The minimum atomic E-state index is 0.0574. The average molecular weight is 308 g/mol. The van der Waals surface area contributed by atoms with Gasteiger partial charge >= 0.3 is 0 Å². The number of nitrogen functional groups attached to an aromatic ring is 1. The Kier molecular flexibility index (Phi) is 4.06. The second kappa shape index (κ2) is 5.83. The minimum Gasteiger partial charge on any atom is -0.382 e. The lowest BCUT2D eigenvalue weighted by Gasteiger charge is -2.39. The van der Waals surface area contributed by atoms with Crippen molar-refractivity contribution in [3.63, 3.8) is 0 Å². The summed E-state index contributed by atoms with van der Waals surface area (Å²) in [5.41, 5.74) is 6.44. The maximum Gasteiger partial charge on any atom is 0.267 e. The Morgan fingerprint density at radius 2 is 2.00 bits per heavy atom. The number of nitrogens with one attached hydrogen (secondary N) is 1. The zero-order chi connectivity index (χ0) is 14.9. The molecule has 6 heteroatoms. The van der Waals surface area contributed by atoms with Crippen LogP contribution < -0.4 is 11.1 Å². The van der Waals surface area contributed by atoms with Crippen molar-refractivity contribution in [2.24, 2.45) is 5.41 Å². The van der Waals surface area contributed by atoms with Crippen molar-refractivity contribution >= 4 is 28.2 Å². The molecule has 2 aliphatic rings. The van der Waals surface area contributed by atoms with Gasteiger partial charge in [0.2, 0.25) is 0 Å². The number of nitrogens with two attached hydrogens (primary N) is 1. The first-order chi connectivity index (χ1) is 10.1. The lowest BCUT2D eigenvalue weighted by molar-refractivity contribution is 0.0593. The summed E-state index contributed by atoms with van der Waals surface area (Å²) in [6.07, 6.45) is 7.73. The largest absolute Gasteiger partial charge is 0.382 e. The summed E-state index contributed by atoms with van der Waals surface area (Å²) >= 11 is 1.37. The molecule has 0 unspecified atom stereocenters. The number of rotatable bonds is 3. The quantitative estimate of drug-likeness (QED) is 0.900. The number of amides is 1. The van der Waals surface area contributed by atoms with Gasteiger partial charge in [-0.2, -0.15) is 0 Å². The van der Waals surface area contributed by atoms with Gasteiger partial charge < -0.3 is 16.0 Å². The molecule has 1 saturated heterocycles. The van der Waals surface area contributed by atoms with Crippen LogP contribution in [0, 0.1) is 5.41 Å². The van der Waals surface area contributed by atoms with Crippen LogP contribution in [0.2, 0.25) is 0 Å². The number of hydrogen-bond donors (Lipinski definition) is 2. The normalized spacial score (nSPS) is 20.9. The lowest BCUT2D eigenvalue weighted by Crippen LogP contribution is -2.42. The summed E-state index contributed by atoms with van der Waals surface area (Å²) in [7, 11) is 0. The Labute approximate surface area is 129 Å². The van der Waals surface area contributed by atoms with E-state index in [0.29, 0.717) is 16.1 Å². The highest BCUT2D eigenvalue weighted by Gasteiger charge is 2.38. The molecule has 0 aromatic carbocycles. The molecule has 2 heterocycles. The third-order valence-electron chi connectivity index (χ3n) is 4.95. The molecule has 1 aliphatic carbocycles. The first-order valence-corrected chi connectivity index (χ1v) is 8.75. The van der Waals surface area contributed by atoms with Crippen LogP contribution in [0.3, 0.4) is 0 Å². The van der Waals surface area contributed by atoms with Crippen molar-refractivity contribution in [3.8, 4) is 0 Å². The molecule has 0 radical (unpaired) electrons. The zero-order valence-corrected chi connectivity index (χ0v) is 13.5. The van der Waals surface area contributed by atoms with Gasteiger partial charge in [0.1, 0.15) is 10.7 Å². The molecule has 1 amide bonds. The molecule has 1 spiro atoms. The van der Waals surface area contributed by atoms with E-state index in [2.05, 4.69) is 10.3 Å². The van der Waals surface area contributed by atoms with Crippen LogP contribution in [0.5, 0.6) is 0 Å². The molecule has 116 valence electrons. The van der Waals surface area contributed by atoms with Crippen molar-refractivity contribution in [2.45, 2.75) is 45.4 Å². The maximum atomic E-state index is 12.6. The van der Waals surface area contributed by atoms with E-state index in [1.165, 1.54) is 37.0 Å². The Morgan fingerprint density at radius 3 is 2.62 bits per heavy atom. The molecule has 0 bridgehead atoms. The number of anilines is 2. The van der Waals surface area contributed by atoms with Gasteiger partial charge in [-0.15, -0.1) is 0 Å². The Bertz CT molecular complexity index is 512. The highest BCUT2D eigenvalue weighted by atomic mass is 32.1. The van der Waals surface area contributed by atoms with E-state index >= 15 is 0 Å². The standard InChI is InChI=1S/C15H24N4OS/c1-2-17-14-18-12(16)11(21-14)13(20)19-9-7-15(8-10-19)5-3-4-6-15/h2-10,16H2,1H3,(H,17,18). The fraction of sp³-hybridized carbons (Fsp3) is 0.733. The number of thiazole rings is 1. The summed E-state index contributed by atoms with van der Waals surface area (Å²) in [6.45, 7) is 4.52. The van der Waals surface area contributed by atoms with Gasteiger partial charge in [-0.1, -0.05) is 24.2 Å². The molecule has 1 aliphatic heterocycles. The number of nitrogens with zero attached hydrogens (tertiary/aromatic N) is 2. The third kappa shape index (κ3) is 2.86. The maximum absolute atomic E-state index is 12.6. The highest BCUT2D eigenvalue weighted by molar-refractivity contribution is 7.18. The average Bonchev–Trinajstić information content (AvgIpc) is 3.07. The number of hydrogen-bond acceptors (Lipinski definition) is 5. The van der Waals surface area contributed by atoms with Crippen molar-refractivity contribution in [1.82, 2.24) is 9.88 Å². The van der Waals surface area contributed by atoms with Crippen molar-refractivity contribution in [2.75, 3.05) is 30.7 Å². The van der Waals surface area contributed by atoms with Crippen molar-refractivity contribution in [3.05, 3.63) is 4.88 Å². The summed E-state index contributed by atoms with van der Waals surface area (Å²) < 4.78 is 0. The Morgan fingerprint density at radius 1 is 1.33 bits per heavy atom. The number of carbonyl (C=O) groups excluding carboxylic acids is 1. The summed E-state index contributed by atoms with van der Waals surface area (Å²) in [6, 6.07) is 0. The van der Waals surface area contributed by atoms with Gasteiger partial charge in [0, 0.05) is 19.6 Å². The second-order valence-electron chi connectivity index (χ2n) is 6.26. The van der Waals surface area contributed by atoms with Crippen LogP contribution in [0.1, 0.15) is 55.1 Å². The summed E-state index contributed by atoms with van der Waals surface area (Å²) in [5, 5.41) is 3.86. The van der Waals surface area contributed by atoms with Gasteiger partial charge in [-0.3, -0.25) is 4.79 Å². The van der Waals surface area contributed by atoms with Crippen LogP contribution in [0.4, 0.5) is 10.9 Å². The van der Waals surface area contributed by atoms with E-state index in [-0.39, 0.29) is 5.91 Å². The SMILES string of the molecule is CCNc1nc(N)c(C(=O)N2CCC3(CCCC3)CC2)s1. The molecule has 0 atom stereocenters. The topological polar surface area (TPSA) is 71.2 Å². The molecular weight excluding hydrogens is 284 g/mol. The van der Waals surface area contributed by atoms with E-state index in [4.69, 9.17) is 5.73 Å². The summed E-state index contributed by atoms with van der Waals surface area (Å²) in [4.78, 5) is 19.4. The smallest absolute Gasteiger partial charge is 0.267 e. The summed E-state index contributed by atoms with van der Waals surface area (Å²) in [5.74, 6) is 0.420. The number of piperidine rings is 1. The number of carbonyl (C=O) groups is 1. The van der Waals surface area contributed by atoms with Gasteiger partial charge in [0.05, 0.1) is 0 Å². The van der Waals surface area contributed by atoms with Gasteiger partial charge in [0.25, 0.3) is 5.91 Å². The minimum absolute atomic E-state index is 0.0574. The molecule has 3 N–H and O–H groups in total. The molecule has 5 nitrogen and oxygen atoms in total. The molecular formula is C15H24N4OS. The predicted molar refractivity (Wildman–Crippen MR) is 86.7 cm³/mol. The van der Waals surface area contributed by atoms with Crippen LogP contribution in [0.15, 0.2) is 0 Å². The molecule has 1 aromatic rings. The molecule has 21 heavy (non-hydrogen) atoms. The van der Waals surface area contributed by atoms with E-state index < -0.39 is 0 Å². The first kappa shape index (κ1) is 14.6. The number of aromatic nitrogens is 1. The molecule has 2 fully saturated rings. The van der Waals surface area contributed by atoms with Crippen molar-refractivity contribution in [1.29, 1.82) is 0 Å². The van der Waals surface area contributed by atoms with Crippen molar-refractivity contribution < 1.29 is 4.79 Å². The molecule has 3 rings (SSSR count). The van der Waals surface area contributed by atoms with Crippen LogP contribution in [-0.4, -0.2) is 35.4 Å². The Balaban J connectivity index is 1.66. The van der Waals surface area contributed by atoms with E-state index in [0.717, 1.165) is 37.6 Å². The van der Waals surface area contributed by atoms with E-state index in [1.54, 1.807) is 0 Å². The van der Waals surface area contributed by atoms with Gasteiger partial charge in [-0.25, -0.2) is 4.98 Å². The highest BCUT2D eigenvalue weighted by Crippen LogP contribution is 2.46. The van der Waals surface area contributed by atoms with E-state index in [9.17, 15) is 4.79 Å². The molecule has 1 aromatic heterocycles. The van der Waals surface area contributed by atoms with E-state index in [1.807, 2.05) is 11.8 Å². The lowest BCUT2D eigenvalue weighted by atomic mass is 9.77.